The van der Waals surface area contributed by atoms with Crippen molar-refractivity contribution in [2.45, 2.75) is 42.0 Å². The highest BCUT2D eigenvalue weighted by Crippen LogP contribution is 2.27. The third-order valence-corrected chi connectivity index (χ3v) is 6.07. The molecule has 2 unspecified atom stereocenters. The van der Waals surface area contributed by atoms with Crippen LogP contribution >= 0.6 is 11.8 Å². The Hall–Kier alpha value is -1.12. The van der Waals surface area contributed by atoms with E-state index in [-0.39, 0.29) is 16.6 Å². The summed E-state index contributed by atoms with van der Waals surface area (Å²) in [5, 5.41) is 9.13. The molecule has 8 heteroatoms. The third-order valence-electron chi connectivity index (χ3n) is 3.54. The smallest absolute Gasteiger partial charge is 0.337 e. The molecule has 0 aromatic carbocycles. The molecule has 0 spiro atoms. The van der Waals surface area contributed by atoms with Crippen LogP contribution in [0.3, 0.4) is 0 Å². The summed E-state index contributed by atoms with van der Waals surface area (Å²) in [4.78, 5) is 14.5. The van der Waals surface area contributed by atoms with Crippen LogP contribution in [0.4, 0.5) is 0 Å². The summed E-state index contributed by atoms with van der Waals surface area (Å²) >= 11 is 1.76. The van der Waals surface area contributed by atoms with Crippen LogP contribution in [-0.4, -0.2) is 42.0 Å². The maximum atomic E-state index is 12.2. The number of carbonyl (C=O) groups is 1. The number of hydrogen-bond donors (Lipinski definition) is 2. The van der Waals surface area contributed by atoms with Gasteiger partial charge >= 0.3 is 5.97 Å². The molecule has 0 aliphatic heterocycles. The van der Waals surface area contributed by atoms with Gasteiger partial charge in [-0.05, 0) is 37.7 Å². The first kappa shape index (κ1) is 16.3. The first-order valence-electron chi connectivity index (χ1n) is 6.67. The first-order chi connectivity index (χ1) is 9.92. The monoisotopic (exact) mass is 330 g/mol. The Morgan fingerprint density at radius 1 is 1.43 bits per heavy atom. The second-order valence-electron chi connectivity index (χ2n) is 5.03. The maximum Gasteiger partial charge on any atom is 0.337 e. The van der Waals surface area contributed by atoms with Gasteiger partial charge in [-0.1, -0.05) is 6.42 Å². The molecule has 0 amide bonds. The zero-order valence-electron chi connectivity index (χ0n) is 11.7. The van der Waals surface area contributed by atoms with Crippen LogP contribution in [0.15, 0.2) is 23.4 Å². The minimum atomic E-state index is -3.70. The fraction of sp³-hybridized carbons (Fsp3) is 0.538. The second-order valence-corrected chi connectivity index (χ2v) is 7.83. The number of sulfonamides is 1. The second kappa shape index (κ2) is 6.76. The van der Waals surface area contributed by atoms with Crippen LogP contribution in [0.2, 0.25) is 0 Å². The van der Waals surface area contributed by atoms with Crippen LogP contribution < -0.4 is 4.72 Å². The van der Waals surface area contributed by atoms with E-state index in [9.17, 15) is 13.2 Å². The molecular formula is C13H18N2O4S2. The minimum Gasteiger partial charge on any atom is -0.478 e. The van der Waals surface area contributed by atoms with Gasteiger partial charge in [-0.15, -0.1) is 0 Å². The van der Waals surface area contributed by atoms with Crippen molar-refractivity contribution in [3.8, 4) is 0 Å². The number of aromatic carboxylic acids is 1. The molecular weight excluding hydrogens is 312 g/mol. The van der Waals surface area contributed by atoms with E-state index >= 15 is 0 Å². The lowest BCUT2D eigenvalue weighted by Gasteiger charge is -2.28. The molecule has 1 fully saturated rings. The minimum absolute atomic E-state index is 0.0333. The summed E-state index contributed by atoms with van der Waals surface area (Å²) in [6, 6.07) is 2.39. The van der Waals surface area contributed by atoms with Crippen molar-refractivity contribution >= 4 is 27.8 Å². The van der Waals surface area contributed by atoms with E-state index in [0.717, 1.165) is 31.9 Å². The van der Waals surface area contributed by atoms with Gasteiger partial charge < -0.3 is 5.11 Å². The number of thioether (sulfide) groups is 1. The first-order valence-corrected chi connectivity index (χ1v) is 9.44. The van der Waals surface area contributed by atoms with Gasteiger partial charge in [0.2, 0.25) is 0 Å². The van der Waals surface area contributed by atoms with Gasteiger partial charge in [0.1, 0.15) is 0 Å². The molecule has 1 aromatic heterocycles. The van der Waals surface area contributed by atoms with Gasteiger partial charge in [-0.25, -0.2) is 22.9 Å². The molecule has 2 atom stereocenters. The quantitative estimate of drug-likeness (QED) is 0.853. The van der Waals surface area contributed by atoms with Crippen LogP contribution in [0.25, 0.3) is 0 Å². The lowest BCUT2D eigenvalue weighted by atomic mass is 9.96. The van der Waals surface area contributed by atoms with Crippen molar-refractivity contribution in [2.75, 3.05) is 6.26 Å². The SMILES string of the molecule is CSC1CCCC(NS(=O)(=O)c2ccc(C(=O)O)cn2)C1. The van der Waals surface area contributed by atoms with E-state index in [4.69, 9.17) is 5.11 Å². The molecule has 1 aliphatic rings. The van der Waals surface area contributed by atoms with Crippen molar-refractivity contribution < 1.29 is 18.3 Å². The molecule has 2 rings (SSSR count). The van der Waals surface area contributed by atoms with Gasteiger partial charge in [0.15, 0.2) is 5.03 Å². The topological polar surface area (TPSA) is 96.4 Å². The summed E-state index contributed by atoms with van der Waals surface area (Å²) in [7, 11) is -3.70. The molecule has 0 bridgehead atoms. The number of nitrogens with one attached hydrogen (secondary N) is 1. The zero-order chi connectivity index (χ0) is 15.5. The number of pyridine rings is 1. The van der Waals surface area contributed by atoms with Crippen LogP contribution in [0, 0.1) is 0 Å². The highest BCUT2D eigenvalue weighted by molar-refractivity contribution is 7.99. The van der Waals surface area contributed by atoms with Crippen molar-refractivity contribution in [1.29, 1.82) is 0 Å². The largest absolute Gasteiger partial charge is 0.478 e. The van der Waals surface area contributed by atoms with E-state index in [2.05, 4.69) is 9.71 Å². The summed E-state index contributed by atoms with van der Waals surface area (Å²) in [6.07, 6.45) is 6.85. The Morgan fingerprint density at radius 3 is 2.76 bits per heavy atom. The van der Waals surface area contributed by atoms with E-state index in [0.29, 0.717) is 5.25 Å². The molecule has 6 nitrogen and oxygen atoms in total. The normalized spacial score (nSPS) is 22.9. The van der Waals surface area contributed by atoms with Crippen molar-refractivity contribution in [1.82, 2.24) is 9.71 Å². The van der Waals surface area contributed by atoms with Gasteiger partial charge in [0, 0.05) is 17.5 Å². The molecule has 0 radical (unpaired) electrons. The number of nitrogens with zero attached hydrogens (tertiary/aromatic N) is 1. The van der Waals surface area contributed by atoms with Crippen LogP contribution in [0.1, 0.15) is 36.0 Å². The van der Waals surface area contributed by atoms with Crippen molar-refractivity contribution in [2.24, 2.45) is 0 Å². The number of rotatable bonds is 5. The summed E-state index contributed by atoms with van der Waals surface area (Å²) in [5.41, 5.74) is -0.0333. The zero-order valence-corrected chi connectivity index (χ0v) is 13.3. The Bertz CT molecular complexity index is 601. The van der Waals surface area contributed by atoms with Crippen molar-refractivity contribution in [3.63, 3.8) is 0 Å². The Labute approximate surface area is 128 Å². The summed E-state index contributed by atoms with van der Waals surface area (Å²) in [5.74, 6) is -1.13. The average Bonchev–Trinajstić information content (AvgIpc) is 2.47. The van der Waals surface area contributed by atoms with Gasteiger partial charge in [-0.2, -0.15) is 11.8 Å². The molecule has 1 saturated carbocycles. The van der Waals surface area contributed by atoms with E-state index < -0.39 is 16.0 Å². The van der Waals surface area contributed by atoms with Gasteiger partial charge in [0.05, 0.1) is 5.56 Å². The third kappa shape index (κ3) is 4.18. The highest BCUT2D eigenvalue weighted by Gasteiger charge is 2.26. The Kier molecular flexibility index (Phi) is 5.23. The average molecular weight is 330 g/mol. The molecule has 0 saturated heterocycles. The number of aromatic nitrogens is 1. The fourth-order valence-corrected chi connectivity index (χ4v) is 4.45. The predicted molar refractivity (Wildman–Crippen MR) is 81.1 cm³/mol. The summed E-state index contributed by atoms with van der Waals surface area (Å²) < 4.78 is 27.2. The predicted octanol–water partition coefficient (Wildman–Crippen LogP) is 1.73. The molecule has 116 valence electrons. The standard InChI is InChI=1S/C13H18N2O4S2/c1-20-11-4-2-3-10(7-11)15-21(18,19)12-6-5-9(8-14-12)13(16)17/h5-6,8,10-11,15H,2-4,7H2,1H3,(H,16,17). The Balaban J connectivity index is 2.09. The molecule has 21 heavy (non-hydrogen) atoms. The molecule has 1 heterocycles. The van der Waals surface area contributed by atoms with Crippen molar-refractivity contribution in [3.05, 3.63) is 23.9 Å². The lowest BCUT2D eigenvalue weighted by molar-refractivity contribution is 0.0696. The highest BCUT2D eigenvalue weighted by atomic mass is 32.2. The Morgan fingerprint density at radius 2 is 2.19 bits per heavy atom. The van der Waals surface area contributed by atoms with Crippen LogP contribution in [-0.2, 0) is 10.0 Å². The van der Waals surface area contributed by atoms with Gasteiger partial charge in [-0.3, -0.25) is 0 Å². The lowest BCUT2D eigenvalue weighted by Crippen LogP contribution is -2.39. The number of carboxylic acid groups (broad SMARTS) is 1. The molecule has 2 N–H and O–H groups in total. The number of hydrogen-bond acceptors (Lipinski definition) is 5. The van der Waals surface area contributed by atoms with E-state index in [1.54, 1.807) is 11.8 Å². The van der Waals surface area contributed by atoms with E-state index in [1.807, 2.05) is 6.26 Å². The van der Waals surface area contributed by atoms with E-state index in [1.165, 1.54) is 12.1 Å². The molecule has 1 aliphatic carbocycles. The maximum absolute atomic E-state index is 12.2. The number of carboxylic acids is 1. The van der Waals surface area contributed by atoms with Crippen LogP contribution in [0.5, 0.6) is 0 Å². The van der Waals surface area contributed by atoms with Gasteiger partial charge in [0.25, 0.3) is 10.0 Å². The molecule has 1 aromatic rings. The summed E-state index contributed by atoms with van der Waals surface area (Å²) in [6.45, 7) is 0. The fourth-order valence-electron chi connectivity index (χ4n) is 2.41.